The molecule has 9 heteroatoms. The predicted molar refractivity (Wildman–Crippen MR) is 93.9 cm³/mol. The van der Waals surface area contributed by atoms with Gasteiger partial charge in [-0.3, -0.25) is 4.90 Å². The normalized spacial score (nSPS) is 15.9. The number of hydrogen-bond donors (Lipinski definition) is 1. The Morgan fingerprint density at radius 2 is 1.89 bits per heavy atom. The van der Waals surface area contributed by atoms with Gasteiger partial charge in [-0.25, -0.2) is 14.2 Å². The van der Waals surface area contributed by atoms with Crippen LogP contribution in [-0.2, 0) is 17.8 Å². The molecular formula is C18H20F4N2O2S. The van der Waals surface area contributed by atoms with Gasteiger partial charge in [0.2, 0.25) is 0 Å². The molecule has 27 heavy (non-hydrogen) atoms. The lowest BCUT2D eigenvalue weighted by Crippen LogP contribution is -2.33. The van der Waals surface area contributed by atoms with Crippen LogP contribution in [0, 0.1) is 11.7 Å². The highest BCUT2D eigenvalue weighted by Crippen LogP contribution is 2.24. The van der Waals surface area contributed by atoms with Crippen molar-refractivity contribution in [2.24, 2.45) is 5.92 Å². The highest BCUT2D eigenvalue weighted by atomic mass is 32.1. The zero-order valence-corrected chi connectivity index (χ0v) is 15.3. The van der Waals surface area contributed by atoms with Gasteiger partial charge in [-0.2, -0.15) is 13.2 Å². The molecule has 0 spiro atoms. The fraction of sp³-hybridized carbons (Fsp3) is 0.444. The van der Waals surface area contributed by atoms with Crippen LogP contribution >= 0.6 is 11.3 Å². The molecule has 3 rings (SSSR count). The van der Waals surface area contributed by atoms with Crippen LogP contribution in [0.25, 0.3) is 0 Å². The van der Waals surface area contributed by atoms with Crippen molar-refractivity contribution in [3.63, 3.8) is 0 Å². The maximum atomic E-state index is 13.7. The van der Waals surface area contributed by atoms with Crippen LogP contribution in [0.15, 0.2) is 35.8 Å². The Morgan fingerprint density at radius 3 is 2.41 bits per heavy atom. The molecule has 0 bridgehead atoms. The summed E-state index contributed by atoms with van der Waals surface area (Å²) in [6.45, 7) is 3.15. The van der Waals surface area contributed by atoms with Crippen LogP contribution in [0.1, 0.15) is 23.4 Å². The van der Waals surface area contributed by atoms with Gasteiger partial charge in [0.1, 0.15) is 10.8 Å². The third-order valence-electron chi connectivity index (χ3n) is 4.26. The number of carbonyl (C=O) groups is 1. The Morgan fingerprint density at radius 1 is 1.26 bits per heavy atom. The number of likely N-dealkylation sites (tertiary alicyclic amines) is 1. The number of aliphatic carboxylic acids is 1. The molecule has 1 saturated heterocycles. The molecule has 0 unspecified atom stereocenters. The molecule has 0 radical (unpaired) electrons. The van der Waals surface area contributed by atoms with Gasteiger partial charge in [-0.15, -0.1) is 11.3 Å². The van der Waals surface area contributed by atoms with Gasteiger partial charge in [0.15, 0.2) is 0 Å². The first-order valence-corrected chi connectivity index (χ1v) is 9.28. The standard InChI is InChI=1S/C16H19FN2S.C2HF3O2/c17-15-4-2-1-3-14(15)11-13-5-8-19(9-6-13)12-16-18-7-10-20-16;3-2(4,5)1(6)7/h1-4,7,10,13H,5-6,8-9,11-12H2;(H,6,7). The minimum Gasteiger partial charge on any atom is -0.475 e. The van der Waals surface area contributed by atoms with Crippen molar-refractivity contribution in [1.29, 1.82) is 0 Å². The maximum absolute atomic E-state index is 13.7. The molecule has 1 aromatic carbocycles. The molecule has 1 aliphatic rings. The highest BCUT2D eigenvalue weighted by molar-refractivity contribution is 7.09. The van der Waals surface area contributed by atoms with E-state index in [2.05, 4.69) is 9.88 Å². The quantitative estimate of drug-likeness (QED) is 0.769. The monoisotopic (exact) mass is 404 g/mol. The number of piperidine rings is 1. The molecular weight excluding hydrogens is 384 g/mol. The molecule has 148 valence electrons. The molecule has 0 aliphatic carbocycles. The second-order valence-corrected chi connectivity index (χ2v) is 7.22. The first-order chi connectivity index (χ1) is 12.8. The first-order valence-electron chi connectivity index (χ1n) is 8.40. The number of thiazole rings is 1. The molecule has 1 aromatic heterocycles. The summed E-state index contributed by atoms with van der Waals surface area (Å²) in [5, 5.41) is 10.3. The van der Waals surface area contributed by atoms with E-state index >= 15 is 0 Å². The van der Waals surface area contributed by atoms with Crippen molar-refractivity contribution in [2.45, 2.75) is 32.0 Å². The third kappa shape index (κ3) is 7.26. The van der Waals surface area contributed by atoms with E-state index in [0.717, 1.165) is 44.5 Å². The van der Waals surface area contributed by atoms with Gasteiger partial charge >= 0.3 is 12.1 Å². The van der Waals surface area contributed by atoms with Gasteiger partial charge in [0, 0.05) is 11.6 Å². The maximum Gasteiger partial charge on any atom is 0.490 e. The average molecular weight is 404 g/mol. The van der Waals surface area contributed by atoms with Gasteiger partial charge < -0.3 is 5.11 Å². The highest BCUT2D eigenvalue weighted by Gasteiger charge is 2.38. The summed E-state index contributed by atoms with van der Waals surface area (Å²) in [7, 11) is 0. The lowest BCUT2D eigenvalue weighted by Gasteiger charge is -2.31. The van der Waals surface area contributed by atoms with Crippen LogP contribution in [0.4, 0.5) is 17.6 Å². The number of benzene rings is 1. The molecule has 1 fully saturated rings. The summed E-state index contributed by atoms with van der Waals surface area (Å²) < 4.78 is 45.4. The third-order valence-corrected chi connectivity index (χ3v) is 5.02. The number of carboxylic acids is 1. The van der Waals surface area contributed by atoms with E-state index in [1.54, 1.807) is 23.5 Å². The van der Waals surface area contributed by atoms with E-state index in [1.807, 2.05) is 23.7 Å². The minimum absolute atomic E-state index is 0.0577. The number of alkyl halides is 3. The van der Waals surface area contributed by atoms with Crippen molar-refractivity contribution in [2.75, 3.05) is 13.1 Å². The number of nitrogens with zero attached hydrogens (tertiary/aromatic N) is 2. The van der Waals surface area contributed by atoms with Crippen molar-refractivity contribution < 1.29 is 27.5 Å². The number of rotatable bonds is 4. The SMILES string of the molecule is Fc1ccccc1CC1CCN(Cc2nccs2)CC1.O=C(O)C(F)(F)F. The molecule has 1 N–H and O–H groups in total. The Labute approximate surface area is 158 Å². The zero-order valence-electron chi connectivity index (χ0n) is 14.5. The molecule has 0 amide bonds. The van der Waals surface area contributed by atoms with E-state index in [9.17, 15) is 17.6 Å². The topological polar surface area (TPSA) is 53.4 Å². The van der Waals surface area contributed by atoms with Gasteiger partial charge in [0.25, 0.3) is 0 Å². The zero-order chi connectivity index (χ0) is 19.9. The largest absolute Gasteiger partial charge is 0.490 e. The Balaban J connectivity index is 0.000000321. The summed E-state index contributed by atoms with van der Waals surface area (Å²) in [6.07, 6.45) is -0.0396. The molecule has 0 saturated carbocycles. The fourth-order valence-electron chi connectivity index (χ4n) is 2.85. The average Bonchev–Trinajstić information content (AvgIpc) is 3.11. The number of aromatic nitrogens is 1. The van der Waals surface area contributed by atoms with Crippen LogP contribution in [-0.4, -0.2) is 40.2 Å². The van der Waals surface area contributed by atoms with E-state index in [0.29, 0.717) is 5.92 Å². The molecule has 2 aromatic rings. The predicted octanol–water partition coefficient (Wildman–Crippen LogP) is 4.37. The molecule has 4 nitrogen and oxygen atoms in total. The Bertz CT molecular complexity index is 714. The van der Waals surface area contributed by atoms with Crippen LogP contribution in [0.2, 0.25) is 0 Å². The van der Waals surface area contributed by atoms with E-state index in [4.69, 9.17) is 9.90 Å². The summed E-state index contributed by atoms with van der Waals surface area (Å²) in [4.78, 5) is 15.7. The Hall–Kier alpha value is -2.00. The summed E-state index contributed by atoms with van der Waals surface area (Å²) in [6, 6.07) is 7.16. The van der Waals surface area contributed by atoms with Crippen LogP contribution < -0.4 is 0 Å². The first kappa shape index (κ1) is 21.3. The lowest BCUT2D eigenvalue weighted by molar-refractivity contribution is -0.192. The molecule has 2 heterocycles. The fourth-order valence-corrected chi connectivity index (χ4v) is 3.50. The van der Waals surface area contributed by atoms with Crippen molar-refractivity contribution in [3.8, 4) is 0 Å². The van der Waals surface area contributed by atoms with E-state index in [1.165, 1.54) is 5.01 Å². The summed E-state index contributed by atoms with van der Waals surface area (Å²) in [5.41, 5.74) is 0.867. The Kier molecular flexibility index (Phi) is 7.73. The minimum atomic E-state index is -5.08. The van der Waals surface area contributed by atoms with E-state index < -0.39 is 12.1 Å². The molecule has 0 atom stereocenters. The number of halogens is 4. The van der Waals surface area contributed by atoms with Gasteiger partial charge in [-0.05, 0) is 49.9 Å². The molecule has 1 aliphatic heterocycles. The summed E-state index contributed by atoms with van der Waals surface area (Å²) in [5.74, 6) is -2.20. The van der Waals surface area contributed by atoms with E-state index in [-0.39, 0.29) is 5.82 Å². The van der Waals surface area contributed by atoms with Crippen molar-refractivity contribution in [1.82, 2.24) is 9.88 Å². The second-order valence-electron chi connectivity index (χ2n) is 6.24. The second kappa shape index (κ2) is 9.80. The van der Waals surface area contributed by atoms with Gasteiger partial charge in [-0.1, -0.05) is 18.2 Å². The number of carboxylic acid groups (broad SMARTS) is 1. The van der Waals surface area contributed by atoms with Crippen molar-refractivity contribution >= 4 is 17.3 Å². The van der Waals surface area contributed by atoms with Crippen molar-refractivity contribution in [3.05, 3.63) is 52.2 Å². The van der Waals surface area contributed by atoms with Gasteiger partial charge in [0.05, 0.1) is 6.54 Å². The smallest absolute Gasteiger partial charge is 0.475 e. The summed E-state index contributed by atoms with van der Waals surface area (Å²) >= 11 is 1.72. The van der Waals surface area contributed by atoms with Crippen LogP contribution in [0.5, 0.6) is 0 Å². The van der Waals surface area contributed by atoms with Crippen LogP contribution in [0.3, 0.4) is 0 Å². The number of hydrogen-bond acceptors (Lipinski definition) is 4. The lowest BCUT2D eigenvalue weighted by atomic mass is 9.90.